The Bertz CT molecular complexity index is 797. The predicted octanol–water partition coefficient (Wildman–Crippen LogP) is 3.82. The molecule has 104 valence electrons. The lowest BCUT2D eigenvalue weighted by Crippen LogP contribution is -1.98. The topological polar surface area (TPSA) is 47.8 Å². The molecule has 2 heterocycles. The molecular weight excluding hydrogens is 330 g/mol. The van der Waals surface area contributed by atoms with Crippen molar-refractivity contribution < 1.29 is 4.79 Å². The van der Waals surface area contributed by atoms with E-state index < -0.39 is 0 Å². The van der Waals surface area contributed by atoms with Crippen molar-refractivity contribution in [1.29, 1.82) is 0 Å². The first-order valence-corrected chi connectivity index (χ1v) is 7.21. The van der Waals surface area contributed by atoms with Gasteiger partial charge in [0.15, 0.2) is 6.29 Å². The zero-order chi connectivity index (χ0) is 14.8. The van der Waals surface area contributed by atoms with Gasteiger partial charge in [0.2, 0.25) is 0 Å². The smallest absolute Gasteiger partial charge is 0.153 e. The molecule has 2 aromatic heterocycles. The summed E-state index contributed by atoms with van der Waals surface area (Å²) in [5.74, 6) is 0. The molecule has 0 aliphatic carbocycles. The molecule has 0 spiro atoms. The number of nitrogens with zero attached hydrogens (tertiary/aromatic N) is 3. The number of carbonyl (C=O) groups excluding carboxylic acids is 1. The van der Waals surface area contributed by atoms with E-state index in [0.717, 1.165) is 22.0 Å². The van der Waals surface area contributed by atoms with Crippen LogP contribution in [0.5, 0.6) is 0 Å². The molecule has 0 aliphatic rings. The number of halogens is 1. The SMILES string of the molecule is Cc1cc(Br)ccc1-n1cc(C=O)c(-c2ccccn2)n1. The Labute approximate surface area is 130 Å². The third kappa shape index (κ3) is 2.64. The van der Waals surface area contributed by atoms with Gasteiger partial charge in [0.1, 0.15) is 5.69 Å². The molecule has 3 rings (SSSR count). The van der Waals surface area contributed by atoms with Gasteiger partial charge in [-0.2, -0.15) is 5.10 Å². The molecule has 21 heavy (non-hydrogen) atoms. The number of aromatic nitrogens is 3. The molecule has 0 bridgehead atoms. The molecule has 0 N–H and O–H groups in total. The van der Waals surface area contributed by atoms with Gasteiger partial charge in [-0.15, -0.1) is 0 Å². The number of hydrogen-bond donors (Lipinski definition) is 0. The van der Waals surface area contributed by atoms with Gasteiger partial charge >= 0.3 is 0 Å². The molecule has 0 atom stereocenters. The zero-order valence-corrected chi connectivity index (χ0v) is 12.9. The van der Waals surface area contributed by atoms with E-state index in [0.29, 0.717) is 17.0 Å². The lowest BCUT2D eigenvalue weighted by molar-refractivity contribution is 0.112. The van der Waals surface area contributed by atoms with Gasteiger partial charge in [-0.05, 0) is 42.8 Å². The Morgan fingerprint density at radius 3 is 2.76 bits per heavy atom. The Morgan fingerprint density at radius 1 is 1.24 bits per heavy atom. The van der Waals surface area contributed by atoms with Gasteiger partial charge in [0.25, 0.3) is 0 Å². The first-order chi connectivity index (χ1) is 10.2. The van der Waals surface area contributed by atoms with Crippen LogP contribution in [0.15, 0.2) is 53.3 Å². The molecule has 1 aromatic carbocycles. The number of aryl methyl sites for hydroxylation is 1. The normalized spacial score (nSPS) is 10.6. The van der Waals surface area contributed by atoms with Crippen molar-refractivity contribution in [3.63, 3.8) is 0 Å². The Kier molecular flexibility index (Phi) is 3.66. The van der Waals surface area contributed by atoms with Crippen molar-refractivity contribution >= 4 is 22.2 Å². The first-order valence-electron chi connectivity index (χ1n) is 6.42. The Morgan fingerprint density at radius 2 is 2.10 bits per heavy atom. The van der Waals surface area contributed by atoms with Crippen LogP contribution in [0.4, 0.5) is 0 Å². The number of benzene rings is 1. The summed E-state index contributed by atoms with van der Waals surface area (Å²) in [6.45, 7) is 2.00. The maximum absolute atomic E-state index is 11.3. The number of rotatable bonds is 3. The average molecular weight is 342 g/mol. The Balaban J connectivity index is 2.14. The summed E-state index contributed by atoms with van der Waals surface area (Å²) < 4.78 is 2.73. The second-order valence-corrected chi connectivity index (χ2v) is 5.56. The van der Waals surface area contributed by atoms with Crippen LogP contribution in [0.25, 0.3) is 17.1 Å². The molecule has 0 fully saturated rings. The molecule has 0 saturated carbocycles. The summed E-state index contributed by atoms with van der Waals surface area (Å²) in [7, 11) is 0. The average Bonchev–Trinajstić information content (AvgIpc) is 2.92. The van der Waals surface area contributed by atoms with Crippen LogP contribution in [-0.2, 0) is 0 Å². The molecule has 0 unspecified atom stereocenters. The van der Waals surface area contributed by atoms with Crippen LogP contribution in [-0.4, -0.2) is 21.1 Å². The van der Waals surface area contributed by atoms with Crippen LogP contribution < -0.4 is 0 Å². The van der Waals surface area contributed by atoms with E-state index in [1.54, 1.807) is 17.1 Å². The molecule has 0 radical (unpaired) electrons. The van der Waals surface area contributed by atoms with Gasteiger partial charge in [-0.3, -0.25) is 9.78 Å². The van der Waals surface area contributed by atoms with E-state index >= 15 is 0 Å². The van der Waals surface area contributed by atoms with Gasteiger partial charge in [-0.1, -0.05) is 22.0 Å². The van der Waals surface area contributed by atoms with E-state index in [4.69, 9.17) is 0 Å². The predicted molar refractivity (Wildman–Crippen MR) is 84.6 cm³/mol. The van der Waals surface area contributed by atoms with Crippen molar-refractivity contribution in [2.75, 3.05) is 0 Å². The van der Waals surface area contributed by atoms with Crippen molar-refractivity contribution in [2.45, 2.75) is 6.92 Å². The summed E-state index contributed by atoms with van der Waals surface area (Å²) in [5.41, 5.74) is 3.80. The molecule has 0 amide bonds. The fourth-order valence-corrected chi connectivity index (χ4v) is 2.65. The third-order valence-corrected chi connectivity index (χ3v) is 3.68. The van der Waals surface area contributed by atoms with E-state index in [1.807, 2.05) is 43.3 Å². The van der Waals surface area contributed by atoms with Crippen LogP contribution in [0, 0.1) is 6.92 Å². The minimum Gasteiger partial charge on any atom is -0.298 e. The van der Waals surface area contributed by atoms with Crippen LogP contribution >= 0.6 is 15.9 Å². The third-order valence-electron chi connectivity index (χ3n) is 3.18. The van der Waals surface area contributed by atoms with Crippen molar-refractivity contribution in [3.05, 3.63) is 64.4 Å². The molecular formula is C16H12BrN3O. The number of aldehydes is 1. The first kappa shape index (κ1) is 13.7. The van der Waals surface area contributed by atoms with Gasteiger partial charge in [-0.25, -0.2) is 4.68 Å². The van der Waals surface area contributed by atoms with Crippen molar-refractivity contribution in [3.8, 4) is 17.1 Å². The molecule has 0 aliphatic heterocycles. The monoisotopic (exact) mass is 341 g/mol. The van der Waals surface area contributed by atoms with Crippen LogP contribution in [0.3, 0.4) is 0 Å². The second-order valence-electron chi connectivity index (χ2n) is 4.64. The summed E-state index contributed by atoms with van der Waals surface area (Å²) in [6.07, 6.45) is 4.22. The van der Waals surface area contributed by atoms with Crippen molar-refractivity contribution in [2.24, 2.45) is 0 Å². The van der Waals surface area contributed by atoms with Crippen LogP contribution in [0.1, 0.15) is 15.9 Å². The number of carbonyl (C=O) groups is 1. The Hall–Kier alpha value is -2.27. The van der Waals surface area contributed by atoms with Crippen LogP contribution in [0.2, 0.25) is 0 Å². The maximum atomic E-state index is 11.3. The quantitative estimate of drug-likeness (QED) is 0.680. The number of pyridine rings is 1. The highest BCUT2D eigenvalue weighted by Gasteiger charge is 2.13. The zero-order valence-electron chi connectivity index (χ0n) is 11.3. The molecule has 4 nitrogen and oxygen atoms in total. The molecule has 5 heteroatoms. The maximum Gasteiger partial charge on any atom is 0.153 e. The van der Waals surface area contributed by atoms with Gasteiger partial charge in [0.05, 0.1) is 16.9 Å². The highest BCUT2D eigenvalue weighted by atomic mass is 79.9. The van der Waals surface area contributed by atoms with Gasteiger partial charge < -0.3 is 0 Å². The summed E-state index contributed by atoms with van der Waals surface area (Å²) in [5, 5.41) is 4.52. The van der Waals surface area contributed by atoms with E-state index in [9.17, 15) is 4.79 Å². The van der Waals surface area contributed by atoms with E-state index in [1.165, 1.54) is 0 Å². The lowest BCUT2D eigenvalue weighted by Gasteiger charge is -2.05. The summed E-state index contributed by atoms with van der Waals surface area (Å²) in [6, 6.07) is 11.5. The fourth-order valence-electron chi connectivity index (χ4n) is 2.17. The van der Waals surface area contributed by atoms with E-state index in [2.05, 4.69) is 26.0 Å². The van der Waals surface area contributed by atoms with E-state index in [-0.39, 0.29) is 0 Å². The minimum atomic E-state index is 0.524. The standard InChI is InChI=1S/C16H12BrN3O/c1-11-8-13(17)5-6-15(11)20-9-12(10-21)16(19-20)14-4-2-3-7-18-14/h2-10H,1H3. The van der Waals surface area contributed by atoms with Gasteiger partial charge in [0, 0.05) is 16.9 Å². The second kappa shape index (κ2) is 5.61. The lowest BCUT2D eigenvalue weighted by atomic mass is 10.2. The largest absolute Gasteiger partial charge is 0.298 e. The highest BCUT2D eigenvalue weighted by molar-refractivity contribution is 9.10. The minimum absolute atomic E-state index is 0.524. The summed E-state index contributed by atoms with van der Waals surface area (Å²) in [4.78, 5) is 15.6. The number of hydrogen-bond acceptors (Lipinski definition) is 3. The highest BCUT2D eigenvalue weighted by Crippen LogP contribution is 2.23. The molecule has 0 saturated heterocycles. The van der Waals surface area contributed by atoms with Crippen molar-refractivity contribution in [1.82, 2.24) is 14.8 Å². The molecule has 3 aromatic rings. The summed E-state index contributed by atoms with van der Waals surface area (Å²) >= 11 is 3.44. The fraction of sp³-hybridized carbons (Fsp3) is 0.0625.